The highest BCUT2D eigenvalue weighted by Gasteiger charge is 2.39. The Kier molecular flexibility index (Phi) is 18.4. The number of quaternary nitrogens is 2. The van der Waals surface area contributed by atoms with Gasteiger partial charge in [0.05, 0.1) is 14.2 Å². The molecule has 18 heteroatoms. The highest BCUT2D eigenvalue weighted by atomic mass is 35.5. The van der Waals surface area contributed by atoms with Gasteiger partial charge in [-0.25, -0.2) is 9.59 Å². The van der Waals surface area contributed by atoms with Crippen molar-refractivity contribution in [3.8, 4) is 0 Å². The van der Waals surface area contributed by atoms with Crippen molar-refractivity contribution in [1.82, 2.24) is 20.4 Å². The van der Waals surface area contributed by atoms with Gasteiger partial charge < -0.3 is 66.2 Å². The van der Waals surface area contributed by atoms with Gasteiger partial charge >= 0.3 is 11.9 Å². The summed E-state index contributed by atoms with van der Waals surface area (Å²) < 4.78 is 9.69. The van der Waals surface area contributed by atoms with Crippen LogP contribution in [0.4, 0.5) is 0 Å². The quantitative estimate of drug-likeness (QED) is 0.0823. The number of ether oxygens (including phenoxy) is 2. The normalized spacial score (nSPS) is 20.6. The van der Waals surface area contributed by atoms with Gasteiger partial charge in [-0.15, -0.1) is 0 Å². The van der Waals surface area contributed by atoms with Crippen molar-refractivity contribution in [2.45, 2.75) is 75.8 Å². The summed E-state index contributed by atoms with van der Waals surface area (Å²) in [6.45, 7) is 4.23. The number of likely N-dealkylation sites (tertiary alicyclic amines) is 2. The molecule has 2 aliphatic rings. The summed E-state index contributed by atoms with van der Waals surface area (Å²) in [5.41, 5.74) is 7.48. The third-order valence-corrected chi connectivity index (χ3v) is 9.10. The van der Waals surface area contributed by atoms with E-state index >= 15 is 0 Å². The number of carbonyl (C=O) groups is 6. The molecule has 0 aromatic carbocycles. The Morgan fingerprint density at radius 3 is 1.36 bits per heavy atom. The molecule has 0 aliphatic carbocycles. The van der Waals surface area contributed by atoms with Crippen molar-refractivity contribution in [2.24, 2.45) is 0 Å². The predicted molar refractivity (Wildman–Crippen MR) is 147 cm³/mol. The van der Waals surface area contributed by atoms with E-state index in [1.165, 1.54) is 45.6 Å². The smallest absolute Gasteiger partial charge is 0.329 e. The van der Waals surface area contributed by atoms with Crippen LogP contribution in [0.15, 0.2) is 0 Å². The van der Waals surface area contributed by atoms with Gasteiger partial charge in [0.15, 0.2) is 12.1 Å². The van der Waals surface area contributed by atoms with Crippen LogP contribution < -0.4 is 46.9 Å². The number of methoxy groups -OCH3 is 2. The van der Waals surface area contributed by atoms with Crippen LogP contribution in [0.1, 0.15) is 39.5 Å². The SMILES string of the molecule is COC(=O)[C@H](CSSC[C@H](NC(=O)[C@@H]1CCCN1C(=O)[C@H](C)[NH3+])C(=O)OC)NC(=O)[C@@H]1CCCN1C(=O)[C@H](C)[NH3+].[Cl-].[Cl-]. The minimum atomic E-state index is -0.987. The molecule has 2 fully saturated rings. The zero-order valence-corrected chi connectivity index (χ0v) is 27.4. The Morgan fingerprint density at radius 1 is 0.738 bits per heavy atom. The lowest BCUT2D eigenvalue weighted by molar-refractivity contribution is -0.400. The molecule has 242 valence electrons. The van der Waals surface area contributed by atoms with Crippen molar-refractivity contribution >= 4 is 57.2 Å². The third kappa shape index (κ3) is 10.9. The van der Waals surface area contributed by atoms with Gasteiger partial charge in [-0.1, -0.05) is 21.6 Å². The molecule has 0 radical (unpaired) electrons. The standard InChI is InChI=1S/C24H40N6O8S2.2ClH/c1-13(25)21(33)29-9-5-7-17(29)19(31)27-15(23(35)37-3)11-39-40-12-16(24(36)38-4)28-20(32)18-8-6-10-30(18)22(34)14(2)26;;/h13-18H,5-12,25-26H2,1-4H3,(H,27,31)(H,28,32);2*1H/t13-,14-,15-,16-,17-,18-;;/m0../s1. The zero-order chi connectivity index (χ0) is 30.0. The predicted octanol–water partition coefficient (Wildman–Crippen LogP) is -9.07. The molecule has 2 aliphatic heterocycles. The summed E-state index contributed by atoms with van der Waals surface area (Å²) in [5, 5.41) is 5.37. The Hall–Kier alpha value is -1.98. The Labute approximate surface area is 266 Å². The van der Waals surface area contributed by atoms with Crippen molar-refractivity contribution in [2.75, 3.05) is 38.8 Å². The van der Waals surface area contributed by atoms with Crippen molar-refractivity contribution in [3.63, 3.8) is 0 Å². The second-order valence-corrected chi connectivity index (χ2v) is 12.5. The van der Waals surface area contributed by atoms with Crippen LogP contribution in [0, 0.1) is 0 Å². The number of halogens is 2. The van der Waals surface area contributed by atoms with Crippen molar-refractivity contribution in [1.29, 1.82) is 0 Å². The molecule has 8 N–H and O–H groups in total. The molecule has 0 unspecified atom stereocenters. The second-order valence-electron chi connectivity index (χ2n) is 9.92. The number of amides is 4. The first kappa shape index (κ1) is 40.0. The van der Waals surface area contributed by atoms with Gasteiger partial charge in [0, 0.05) is 24.6 Å². The highest BCUT2D eigenvalue weighted by Crippen LogP contribution is 2.25. The number of nitrogens with one attached hydrogen (secondary N) is 2. The molecule has 0 saturated carbocycles. The van der Waals surface area contributed by atoms with Gasteiger partial charge in [0.2, 0.25) is 11.8 Å². The fourth-order valence-electron chi connectivity index (χ4n) is 4.56. The largest absolute Gasteiger partial charge is 1.00 e. The number of carbonyl (C=O) groups excluding carboxylic acids is 6. The first-order valence-electron chi connectivity index (χ1n) is 13.2. The summed E-state index contributed by atoms with van der Waals surface area (Å²) in [6.07, 6.45) is 2.31. The number of hydrogen-bond acceptors (Lipinski definition) is 10. The second kappa shape index (κ2) is 19.3. The topological polar surface area (TPSA) is 207 Å². The van der Waals surface area contributed by atoms with Gasteiger partial charge in [0.1, 0.15) is 24.2 Å². The molecular weight excluding hydrogens is 635 g/mol. The van der Waals surface area contributed by atoms with E-state index in [-0.39, 0.29) is 48.1 Å². The first-order chi connectivity index (χ1) is 18.9. The van der Waals surface area contributed by atoms with Crippen LogP contribution in [0.3, 0.4) is 0 Å². The first-order valence-corrected chi connectivity index (χ1v) is 15.7. The third-order valence-electron chi connectivity index (χ3n) is 6.68. The Bertz CT molecular complexity index is 890. The summed E-state index contributed by atoms with van der Waals surface area (Å²) >= 11 is 0. The Morgan fingerprint density at radius 2 is 1.07 bits per heavy atom. The van der Waals surface area contributed by atoms with Gasteiger partial charge in [0.25, 0.3) is 11.8 Å². The lowest BCUT2D eigenvalue weighted by Crippen LogP contribution is -3.00. The van der Waals surface area contributed by atoms with Gasteiger partial charge in [-0.05, 0) is 39.5 Å². The van der Waals surface area contributed by atoms with Crippen LogP contribution >= 0.6 is 21.6 Å². The molecule has 2 saturated heterocycles. The monoisotopic (exact) mass is 676 g/mol. The number of hydrogen-bond donors (Lipinski definition) is 4. The van der Waals surface area contributed by atoms with E-state index in [2.05, 4.69) is 22.1 Å². The van der Waals surface area contributed by atoms with E-state index in [1.807, 2.05) is 0 Å². The van der Waals surface area contributed by atoms with E-state index in [0.29, 0.717) is 38.8 Å². The summed E-state index contributed by atoms with van der Waals surface area (Å²) in [4.78, 5) is 78.5. The van der Waals surface area contributed by atoms with E-state index < -0.39 is 60.0 Å². The molecule has 42 heavy (non-hydrogen) atoms. The van der Waals surface area contributed by atoms with Crippen LogP contribution in [-0.4, -0.2) is 120 Å². The van der Waals surface area contributed by atoms with Crippen LogP contribution in [-0.2, 0) is 38.2 Å². The van der Waals surface area contributed by atoms with Crippen LogP contribution in [0.5, 0.6) is 0 Å². The zero-order valence-electron chi connectivity index (χ0n) is 24.3. The van der Waals surface area contributed by atoms with E-state index in [9.17, 15) is 28.8 Å². The maximum atomic E-state index is 13.0. The molecule has 0 spiro atoms. The maximum Gasteiger partial charge on any atom is 0.329 e. The average Bonchev–Trinajstić information content (AvgIpc) is 3.62. The van der Waals surface area contributed by atoms with Crippen molar-refractivity contribution in [3.05, 3.63) is 0 Å². The van der Waals surface area contributed by atoms with E-state index in [1.54, 1.807) is 13.8 Å². The van der Waals surface area contributed by atoms with Gasteiger partial charge in [-0.2, -0.15) is 0 Å². The molecule has 2 rings (SSSR count). The average molecular weight is 678 g/mol. The molecule has 0 aromatic rings. The maximum absolute atomic E-state index is 13.0. The molecule has 2 heterocycles. The van der Waals surface area contributed by atoms with Crippen LogP contribution in [0.2, 0.25) is 0 Å². The van der Waals surface area contributed by atoms with Gasteiger partial charge in [-0.3, -0.25) is 19.2 Å². The summed E-state index contributed by atoms with van der Waals surface area (Å²) in [5.74, 6) is -2.40. The molecule has 14 nitrogen and oxygen atoms in total. The molecular formula is C24H42Cl2N6O8S2. The molecule has 6 atom stereocenters. The Balaban J connectivity index is 0.00000840. The lowest BCUT2D eigenvalue weighted by atomic mass is 10.1. The van der Waals surface area contributed by atoms with E-state index in [4.69, 9.17) is 9.47 Å². The van der Waals surface area contributed by atoms with Crippen LogP contribution in [0.25, 0.3) is 0 Å². The summed E-state index contributed by atoms with van der Waals surface area (Å²) in [6, 6.07) is -4.34. The van der Waals surface area contributed by atoms with E-state index in [0.717, 1.165) is 0 Å². The number of esters is 2. The minimum Gasteiger partial charge on any atom is -1.00 e. The minimum absolute atomic E-state index is 0. The number of rotatable bonds is 13. The molecule has 0 aromatic heterocycles. The molecule has 0 bridgehead atoms. The molecule has 4 amide bonds. The fraction of sp³-hybridized carbons (Fsp3) is 0.750. The fourth-order valence-corrected chi connectivity index (χ4v) is 6.86. The summed E-state index contributed by atoms with van der Waals surface area (Å²) in [7, 11) is 4.84. The number of nitrogens with zero attached hydrogens (tertiary/aromatic N) is 2. The highest BCUT2D eigenvalue weighted by molar-refractivity contribution is 8.76. The van der Waals surface area contributed by atoms with Crippen molar-refractivity contribution < 1.29 is 74.5 Å². The lowest BCUT2D eigenvalue weighted by Gasteiger charge is -2.26.